The molecule has 2 N–H and O–H groups in total. The molecule has 4 heteroatoms. The summed E-state index contributed by atoms with van der Waals surface area (Å²) in [6.45, 7) is 3.47. The second-order valence-electron chi connectivity index (χ2n) is 5.95. The van der Waals surface area contributed by atoms with Crippen LogP contribution in [-0.4, -0.2) is 35.5 Å². The van der Waals surface area contributed by atoms with Gasteiger partial charge in [-0.1, -0.05) is 42.5 Å². The predicted molar refractivity (Wildman–Crippen MR) is 90.2 cm³/mol. The molecule has 0 radical (unpaired) electrons. The van der Waals surface area contributed by atoms with Crippen LogP contribution < -0.4 is 5.32 Å². The topological polar surface area (TPSA) is 52.6 Å². The molecule has 0 fully saturated rings. The van der Waals surface area contributed by atoms with Crippen LogP contribution >= 0.6 is 0 Å². The maximum atomic E-state index is 12.0. The number of hydrogen-bond acceptors (Lipinski definition) is 3. The molecule has 0 aliphatic carbocycles. The number of phenols is 1. The van der Waals surface area contributed by atoms with Crippen LogP contribution in [0.3, 0.4) is 0 Å². The molecule has 1 heterocycles. The van der Waals surface area contributed by atoms with E-state index in [2.05, 4.69) is 34.5 Å². The van der Waals surface area contributed by atoms with Gasteiger partial charge in [-0.05, 0) is 23.6 Å². The largest absolute Gasteiger partial charge is 0.508 e. The molecule has 1 aliphatic rings. The van der Waals surface area contributed by atoms with E-state index < -0.39 is 0 Å². The van der Waals surface area contributed by atoms with Gasteiger partial charge in [0, 0.05) is 31.7 Å². The van der Waals surface area contributed by atoms with Crippen LogP contribution in [0.5, 0.6) is 5.75 Å². The number of phenolic OH excluding ortho intramolecular Hbond substituents is 1. The van der Waals surface area contributed by atoms with Crippen molar-refractivity contribution in [3.05, 3.63) is 65.2 Å². The highest BCUT2D eigenvalue weighted by atomic mass is 16.3. The number of amides is 1. The van der Waals surface area contributed by atoms with Gasteiger partial charge < -0.3 is 10.4 Å². The molecule has 0 atom stereocenters. The number of aromatic hydroxyl groups is 1. The Bertz CT molecular complexity index is 685. The molecule has 2 aromatic carbocycles. The Balaban J connectivity index is 1.43. The highest BCUT2D eigenvalue weighted by Crippen LogP contribution is 2.18. The molecule has 0 bridgehead atoms. The lowest BCUT2D eigenvalue weighted by atomic mass is 10.00. The summed E-state index contributed by atoms with van der Waals surface area (Å²) in [7, 11) is 0. The summed E-state index contributed by atoms with van der Waals surface area (Å²) < 4.78 is 0. The molecule has 0 saturated heterocycles. The highest BCUT2D eigenvalue weighted by molar-refractivity contribution is 5.79. The van der Waals surface area contributed by atoms with E-state index in [0.29, 0.717) is 12.1 Å². The van der Waals surface area contributed by atoms with Crippen molar-refractivity contribution in [2.45, 2.75) is 19.4 Å². The summed E-state index contributed by atoms with van der Waals surface area (Å²) in [6.07, 6.45) is 1.29. The van der Waals surface area contributed by atoms with Gasteiger partial charge in [-0.3, -0.25) is 9.69 Å². The molecular weight excluding hydrogens is 288 g/mol. The van der Waals surface area contributed by atoms with Gasteiger partial charge in [0.2, 0.25) is 5.91 Å². The van der Waals surface area contributed by atoms with Crippen molar-refractivity contribution < 1.29 is 9.90 Å². The molecular formula is C19H22N2O2. The van der Waals surface area contributed by atoms with Crippen molar-refractivity contribution in [1.29, 1.82) is 0 Å². The molecule has 23 heavy (non-hydrogen) atoms. The van der Waals surface area contributed by atoms with E-state index >= 15 is 0 Å². The van der Waals surface area contributed by atoms with Crippen molar-refractivity contribution >= 4 is 5.91 Å². The van der Waals surface area contributed by atoms with Crippen molar-refractivity contribution in [1.82, 2.24) is 10.2 Å². The monoisotopic (exact) mass is 310 g/mol. The van der Waals surface area contributed by atoms with Gasteiger partial charge in [-0.25, -0.2) is 0 Å². The maximum Gasteiger partial charge on any atom is 0.224 e. The average molecular weight is 310 g/mol. The lowest BCUT2D eigenvalue weighted by molar-refractivity contribution is -0.120. The Morgan fingerprint density at radius 2 is 1.83 bits per heavy atom. The first kappa shape index (κ1) is 15.6. The Morgan fingerprint density at radius 1 is 1.09 bits per heavy atom. The minimum atomic E-state index is -0.0519. The van der Waals surface area contributed by atoms with Crippen molar-refractivity contribution in [2.24, 2.45) is 0 Å². The third-order valence-corrected chi connectivity index (χ3v) is 4.30. The van der Waals surface area contributed by atoms with Gasteiger partial charge in [0.05, 0.1) is 6.42 Å². The van der Waals surface area contributed by atoms with Crippen molar-refractivity contribution in [3.8, 4) is 5.75 Å². The lowest BCUT2D eigenvalue weighted by Crippen LogP contribution is -2.38. The van der Waals surface area contributed by atoms with E-state index in [9.17, 15) is 9.90 Å². The van der Waals surface area contributed by atoms with Gasteiger partial charge in [0.1, 0.15) is 5.75 Å². The molecule has 1 amide bonds. The normalized spacial score (nSPS) is 14.3. The first-order valence-electron chi connectivity index (χ1n) is 8.05. The second-order valence-corrected chi connectivity index (χ2v) is 5.95. The number of carbonyl (C=O) groups is 1. The van der Waals surface area contributed by atoms with Gasteiger partial charge in [0.25, 0.3) is 0 Å². The smallest absolute Gasteiger partial charge is 0.224 e. The lowest BCUT2D eigenvalue weighted by Gasteiger charge is -2.28. The van der Waals surface area contributed by atoms with Gasteiger partial charge >= 0.3 is 0 Å². The number of para-hydroxylation sites is 1. The van der Waals surface area contributed by atoms with E-state index in [1.54, 1.807) is 18.2 Å². The number of nitrogens with one attached hydrogen (secondary N) is 1. The SMILES string of the molecule is O=C(Cc1ccccc1O)NCCN1CCc2ccccc2C1. The van der Waals surface area contributed by atoms with E-state index in [1.807, 2.05) is 6.07 Å². The van der Waals surface area contributed by atoms with Crippen LogP contribution in [0.15, 0.2) is 48.5 Å². The van der Waals surface area contributed by atoms with Crippen LogP contribution in [0, 0.1) is 0 Å². The standard InChI is InChI=1S/C19H22N2O2/c22-18-8-4-3-6-16(18)13-19(23)20-10-12-21-11-9-15-5-1-2-7-17(15)14-21/h1-8,22H,9-14H2,(H,20,23). The summed E-state index contributed by atoms with van der Waals surface area (Å²) in [5.41, 5.74) is 3.49. The van der Waals surface area contributed by atoms with Crippen LogP contribution in [0.4, 0.5) is 0 Å². The zero-order valence-corrected chi connectivity index (χ0v) is 13.2. The summed E-state index contributed by atoms with van der Waals surface area (Å²) in [4.78, 5) is 14.3. The number of fused-ring (bicyclic) bond motifs is 1. The Kier molecular flexibility index (Phi) is 4.93. The molecule has 0 unspecified atom stereocenters. The third-order valence-electron chi connectivity index (χ3n) is 4.30. The minimum absolute atomic E-state index is 0.0519. The number of carbonyl (C=O) groups excluding carboxylic acids is 1. The highest BCUT2D eigenvalue weighted by Gasteiger charge is 2.15. The molecule has 120 valence electrons. The average Bonchev–Trinajstić information content (AvgIpc) is 2.57. The van der Waals surface area contributed by atoms with E-state index in [1.165, 1.54) is 11.1 Å². The predicted octanol–water partition coefficient (Wildman–Crippen LogP) is 2.11. The molecule has 2 aromatic rings. The molecule has 0 saturated carbocycles. The Hall–Kier alpha value is -2.33. The molecule has 3 rings (SSSR count). The first-order valence-corrected chi connectivity index (χ1v) is 8.05. The number of hydrogen-bond donors (Lipinski definition) is 2. The summed E-state index contributed by atoms with van der Waals surface area (Å²) in [5, 5.41) is 12.6. The first-order chi connectivity index (χ1) is 11.2. The van der Waals surface area contributed by atoms with E-state index in [0.717, 1.165) is 26.1 Å². The van der Waals surface area contributed by atoms with Crippen LogP contribution in [-0.2, 0) is 24.2 Å². The minimum Gasteiger partial charge on any atom is -0.508 e. The summed E-state index contributed by atoms with van der Waals surface area (Å²) in [6, 6.07) is 15.5. The van der Waals surface area contributed by atoms with Crippen LogP contribution in [0.25, 0.3) is 0 Å². The van der Waals surface area contributed by atoms with Gasteiger partial charge in [-0.2, -0.15) is 0 Å². The number of nitrogens with zero attached hydrogens (tertiary/aromatic N) is 1. The zero-order chi connectivity index (χ0) is 16.1. The summed E-state index contributed by atoms with van der Waals surface area (Å²) in [5.74, 6) is 0.124. The Labute approximate surface area is 136 Å². The summed E-state index contributed by atoms with van der Waals surface area (Å²) >= 11 is 0. The van der Waals surface area contributed by atoms with E-state index in [-0.39, 0.29) is 18.1 Å². The fraction of sp³-hybridized carbons (Fsp3) is 0.316. The van der Waals surface area contributed by atoms with Crippen molar-refractivity contribution in [2.75, 3.05) is 19.6 Å². The van der Waals surface area contributed by atoms with Crippen molar-refractivity contribution in [3.63, 3.8) is 0 Å². The molecule has 0 spiro atoms. The maximum absolute atomic E-state index is 12.0. The van der Waals surface area contributed by atoms with E-state index in [4.69, 9.17) is 0 Å². The fourth-order valence-electron chi connectivity index (χ4n) is 2.99. The molecule has 1 aliphatic heterocycles. The van der Waals surface area contributed by atoms with Gasteiger partial charge in [0.15, 0.2) is 0 Å². The fourth-order valence-corrected chi connectivity index (χ4v) is 2.99. The third kappa shape index (κ3) is 4.11. The molecule has 4 nitrogen and oxygen atoms in total. The Morgan fingerprint density at radius 3 is 2.65 bits per heavy atom. The molecule has 0 aromatic heterocycles. The van der Waals surface area contributed by atoms with Crippen LogP contribution in [0.2, 0.25) is 0 Å². The van der Waals surface area contributed by atoms with Gasteiger partial charge in [-0.15, -0.1) is 0 Å². The second kappa shape index (κ2) is 7.29. The van der Waals surface area contributed by atoms with Crippen LogP contribution in [0.1, 0.15) is 16.7 Å². The quantitative estimate of drug-likeness (QED) is 0.889. The number of benzene rings is 2. The zero-order valence-electron chi connectivity index (χ0n) is 13.2. The number of rotatable bonds is 5.